The van der Waals surface area contributed by atoms with E-state index in [1.54, 1.807) is 31.6 Å². The first-order valence-corrected chi connectivity index (χ1v) is 9.92. The van der Waals surface area contributed by atoms with Crippen molar-refractivity contribution in [2.24, 2.45) is 0 Å². The summed E-state index contributed by atoms with van der Waals surface area (Å²) in [5, 5.41) is 4.57. The Morgan fingerprint density at radius 3 is 2.90 bits per heavy atom. The van der Waals surface area contributed by atoms with Crippen LogP contribution in [0.15, 0.2) is 60.9 Å². The first-order valence-electron chi connectivity index (χ1n) is 9.55. The monoisotopic (exact) mass is 415 g/mol. The highest BCUT2D eigenvalue weighted by Gasteiger charge is 2.20. The number of halogens is 1. The molecule has 148 valence electrons. The number of methoxy groups -OCH3 is 1. The molecule has 5 rings (SSSR count). The number of hydrogen-bond donors (Lipinski definition) is 2. The number of carbonyl (C=O) groups is 1. The molecule has 4 aromatic rings. The molecule has 0 saturated heterocycles. The molecule has 1 aliphatic rings. The molecule has 0 amide bonds. The maximum Gasteiger partial charge on any atom is 0.195 e. The molecule has 6 heteroatoms. The Bertz CT molecular complexity index is 1320. The van der Waals surface area contributed by atoms with Crippen LogP contribution in [-0.4, -0.2) is 22.9 Å². The molecule has 2 aromatic carbocycles. The summed E-state index contributed by atoms with van der Waals surface area (Å²) in [6.45, 7) is 0. The van der Waals surface area contributed by atoms with E-state index in [1.165, 1.54) is 5.56 Å². The van der Waals surface area contributed by atoms with Gasteiger partial charge in [0, 0.05) is 28.4 Å². The van der Waals surface area contributed by atoms with Gasteiger partial charge < -0.3 is 15.0 Å². The molecule has 0 bridgehead atoms. The van der Waals surface area contributed by atoms with Crippen molar-refractivity contribution in [3.8, 4) is 5.75 Å². The number of aromatic nitrogens is 2. The van der Waals surface area contributed by atoms with Gasteiger partial charge >= 0.3 is 0 Å². The highest BCUT2D eigenvalue weighted by molar-refractivity contribution is 6.32. The minimum Gasteiger partial charge on any atom is -0.495 e. The fourth-order valence-corrected chi connectivity index (χ4v) is 4.06. The Labute approximate surface area is 178 Å². The van der Waals surface area contributed by atoms with Gasteiger partial charge in [0.1, 0.15) is 11.4 Å². The lowest BCUT2D eigenvalue weighted by molar-refractivity contribution is 0.104. The van der Waals surface area contributed by atoms with Gasteiger partial charge in [-0.15, -0.1) is 0 Å². The smallest absolute Gasteiger partial charge is 0.195 e. The molecule has 0 spiro atoms. The fourth-order valence-electron chi connectivity index (χ4n) is 3.81. The van der Waals surface area contributed by atoms with Crippen molar-refractivity contribution in [1.29, 1.82) is 0 Å². The predicted octanol–water partition coefficient (Wildman–Crippen LogP) is 5.77. The van der Waals surface area contributed by atoms with Gasteiger partial charge in [0.05, 0.1) is 24.0 Å². The Kier molecular flexibility index (Phi) is 4.52. The van der Waals surface area contributed by atoms with E-state index in [4.69, 9.17) is 16.3 Å². The van der Waals surface area contributed by atoms with Crippen molar-refractivity contribution in [3.63, 3.8) is 0 Å². The number of anilines is 2. The molecule has 0 unspecified atom stereocenters. The second kappa shape index (κ2) is 7.35. The largest absolute Gasteiger partial charge is 0.495 e. The quantitative estimate of drug-likeness (QED) is 0.406. The number of pyridine rings is 1. The lowest BCUT2D eigenvalue weighted by Crippen LogP contribution is -2.04. The van der Waals surface area contributed by atoms with Crippen molar-refractivity contribution in [1.82, 2.24) is 9.97 Å². The van der Waals surface area contributed by atoms with Gasteiger partial charge in [0.15, 0.2) is 5.78 Å². The van der Waals surface area contributed by atoms with Crippen LogP contribution in [-0.2, 0) is 6.42 Å². The van der Waals surface area contributed by atoms with E-state index in [1.807, 2.05) is 30.3 Å². The van der Waals surface area contributed by atoms with Crippen molar-refractivity contribution < 1.29 is 9.53 Å². The second-order valence-corrected chi connectivity index (χ2v) is 7.52. The number of aromatic amines is 1. The number of ether oxygens (including phenoxy) is 1. The lowest BCUT2D eigenvalue weighted by Gasteiger charge is -2.09. The number of allylic oxidation sites excluding steroid dienone is 1. The molecule has 1 aliphatic carbocycles. The minimum atomic E-state index is -0.0175. The van der Waals surface area contributed by atoms with Crippen molar-refractivity contribution >= 4 is 45.9 Å². The average Bonchev–Trinajstić information content (AvgIpc) is 3.40. The molecule has 2 heterocycles. The Morgan fingerprint density at radius 1 is 1.17 bits per heavy atom. The molecule has 0 fully saturated rings. The second-order valence-electron chi connectivity index (χ2n) is 7.11. The summed E-state index contributed by atoms with van der Waals surface area (Å²) in [6.07, 6.45) is 8.42. The highest BCUT2D eigenvalue weighted by atomic mass is 35.5. The van der Waals surface area contributed by atoms with Crippen LogP contribution in [0.5, 0.6) is 5.75 Å². The highest BCUT2D eigenvalue weighted by Crippen LogP contribution is 2.31. The third kappa shape index (κ3) is 3.13. The molecule has 2 N–H and O–H groups in total. The summed E-state index contributed by atoms with van der Waals surface area (Å²) >= 11 is 6.22. The summed E-state index contributed by atoms with van der Waals surface area (Å²) in [7, 11) is 1.58. The number of nitrogens with one attached hydrogen (secondary N) is 2. The number of hydrogen-bond acceptors (Lipinski definition) is 4. The van der Waals surface area contributed by atoms with Crippen LogP contribution < -0.4 is 10.1 Å². The van der Waals surface area contributed by atoms with Crippen molar-refractivity contribution in [2.45, 2.75) is 6.42 Å². The zero-order chi connectivity index (χ0) is 20.7. The van der Waals surface area contributed by atoms with E-state index in [9.17, 15) is 4.79 Å². The SMILES string of the molecule is COc1ccc(Nc2cnc3[nH]cc(C(=O)c4cccc5c4C=CC5)c3c2)cc1Cl. The number of nitrogens with zero attached hydrogens (tertiary/aromatic N) is 1. The summed E-state index contributed by atoms with van der Waals surface area (Å²) < 4.78 is 5.19. The number of ketones is 1. The zero-order valence-electron chi connectivity index (χ0n) is 16.2. The maximum atomic E-state index is 13.3. The third-order valence-electron chi connectivity index (χ3n) is 5.28. The van der Waals surface area contributed by atoms with Gasteiger partial charge in [-0.3, -0.25) is 4.79 Å². The van der Waals surface area contributed by atoms with Crippen LogP contribution in [0.4, 0.5) is 11.4 Å². The van der Waals surface area contributed by atoms with Crippen LogP contribution in [0.1, 0.15) is 27.0 Å². The summed E-state index contributed by atoms with van der Waals surface area (Å²) in [6, 6.07) is 13.3. The predicted molar refractivity (Wildman–Crippen MR) is 120 cm³/mol. The molecule has 5 nitrogen and oxygen atoms in total. The van der Waals surface area contributed by atoms with E-state index in [0.29, 0.717) is 27.5 Å². The Morgan fingerprint density at radius 2 is 2.07 bits per heavy atom. The first-order chi connectivity index (χ1) is 14.6. The van der Waals surface area contributed by atoms with E-state index in [2.05, 4.69) is 27.4 Å². The van der Waals surface area contributed by atoms with Gasteiger partial charge in [-0.1, -0.05) is 42.0 Å². The number of rotatable bonds is 5. The number of fused-ring (bicyclic) bond motifs is 2. The van der Waals surface area contributed by atoms with Crippen LogP contribution in [0, 0.1) is 0 Å². The molecule has 30 heavy (non-hydrogen) atoms. The minimum absolute atomic E-state index is 0.0175. The number of benzene rings is 2. The number of carbonyl (C=O) groups excluding carboxylic acids is 1. The van der Waals surface area contributed by atoms with Gasteiger partial charge in [0.2, 0.25) is 0 Å². The standard InChI is InChI=1S/C24H18ClN3O2/c1-30-22-9-8-15(11-21(22)25)28-16-10-19-20(13-27-24(19)26-12-16)23(29)18-7-3-5-14-4-2-6-17(14)18/h2-3,5-13,28H,4H2,1H3,(H,26,27). The van der Waals surface area contributed by atoms with Gasteiger partial charge in [-0.05, 0) is 41.8 Å². The zero-order valence-corrected chi connectivity index (χ0v) is 17.0. The molecule has 0 saturated carbocycles. The summed E-state index contributed by atoms with van der Waals surface area (Å²) in [5.41, 5.74) is 5.72. The maximum absolute atomic E-state index is 13.3. The lowest BCUT2D eigenvalue weighted by atomic mass is 9.96. The topological polar surface area (TPSA) is 67.0 Å². The normalized spacial score (nSPS) is 12.2. The van der Waals surface area contributed by atoms with Gasteiger partial charge in [-0.2, -0.15) is 0 Å². The van der Waals surface area contributed by atoms with E-state index < -0.39 is 0 Å². The van der Waals surface area contributed by atoms with E-state index in [-0.39, 0.29) is 5.78 Å². The molecule has 0 radical (unpaired) electrons. The van der Waals surface area contributed by atoms with Gasteiger partial charge in [0.25, 0.3) is 0 Å². The first kappa shape index (κ1) is 18.5. The molecular formula is C24H18ClN3O2. The van der Waals surface area contributed by atoms with Crippen molar-refractivity contribution in [2.75, 3.05) is 12.4 Å². The molecule has 0 aliphatic heterocycles. The van der Waals surface area contributed by atoms with Crippen LogP contribution in [0.2, 0.25) is 5.02 Å². The van der Waals surface area contributed by atoms with Crippen LogP contribution >= 0.6 is 11.6 Å². The van der Waals surface area contributed by atoms with Crippen LogP contribution in [0.25, 0.3) is 17.1 Å². The average molecular weight is 416 g/mol. The molecule has 0 atom stereocenters. The molecule has 2 aromatic heterocycles. The third-order valence-corrected chi connectivity index (χ3v) is 5.57. The fraction of sp³-hybridized carbons (Fsp3) is 0.0833. The van der Waals surface area contributed by atoms with E-state index >= 15 is 0 Å². The summed E-state index contributed by atoms with van der Waals surface area (Å²) in [4.78, 5) is 20.9. The molecular weight excluding hydrogens is 398 g/mol. The Balaban J connectivity index is 1.51. The van der Waals surface area contributed by atoms with E-state index in [0.717, 1.165) is 28.7 Å². The van der Waals surface area contributed by atoms with Crippen molar-refractivity contribution in [3.05, 3.63) is 88.2 Å². The van der Waals surface area contributed by atoms with Crippen LogP contribution in [0.3, 0.4) is 0 Å². The number of H-pyrrole nitrogens is 1. The van der Waals surface area contributed by atoms with Gasteiger partial charge in [-0.25, -0.2) is 4.98 Å². The summed E-state index contributed by atoms with van der Waals surface area (Å²) in [5.74, 6) is 0.592. The Hall–Kier alpha value is -3.57.